The molecule has 2 aromatic carbocycles. The van der Waals surface area contributed by atoms with Crippen molar-refractivity contribution in [1.82, 2.24) is 0 Å². The van der Waals surface area contributed by atoms with Crippen molar-refractivity contribution >= 4 is 11.6 Å². The summed E-state index contributed by atoms with van der Waals surface area (Å²) in [6.07, 6.45) is 1.11. The van der Waals surface area contributed by atoms with Crippen molar-refractivity contribution in [3.05, 3.63) is 48.0 Å². The average Bonchev–Trinajstić information content (AvgIpc) is 2.62. The zero-order valence-electron chi connectivity index (χ0n) is 15.2. The van der Waals surface area contributed by atoms with E-state index in [1.165, 1.54) is 0 Å². The minimum absolute atomic E-state index is 0.0927. The first kappa shape index (κ1) is 18.6. The highest BCUT2D eigenvalue weighted by Crippen LogP contribution is 2.27. The molecule has 1 N–H and O–H groups in total. The Balaban J connectivity index is 1.88. The van der Waals surface area contributed by atoms with Crippen LogP contribution in [0, 0.1) is 6.92 Å². The number of methoxy groups -OCH3 is 1. The van der Waals surface area contributed by atoms with Gasteiger partial charge in [0.15, 0.2) is 18.1 Å². The minimum Gasteiger partial charge on any atom is -0.493 e. The predicted octanol–water partition coefficient (Wildman–Crippen LogP) is 4.20. The number of hydrogen-bond donors (Lipinski definition) is 1. The smallest absolute Gasteiger partial charge is 0.262 e. The van der Waals surface area contributed by atoms with Gasteiger partial charge in [0, 0.05) is 5.69 Å². The molecule has 25 heavy (non-hydrogen) atoms. The van der Waals surface area contributed by atoms with Gasteiger partial charge in [-0.05, 0) is 62.2 Å². The molecule has 134 valence electrons. The third-order valence-corrected chi connectivity index (χ3v) is 3.73. The summed E-state index contributed by atoms with van der Waals surface area (Å²) in [5.41, 5.74) is 1.76. The summed E-state index contributed by atoms with van der Waals surface area (Å²) in [5, 5.41) is 2.80. The molecule has 0 aliphatic heterocycles. The third kappa shape index (κ3) is 5.71. The second-order valence-electron chi connectivity index (χ2n) is 5.85. The van der Waals surface area contributed by atoms with Crippen LogP contribution in [0.25, 0.3) is 0 Å². The number of ether oxygens (including phenoxy) is 3. The number of nitrogens with one attached hydrogen (secondary N) is 1. The molecule has 0 saturated heterocycles. The zero-order valence-corrected chi connectivity index (χ0v) is 15.2. The molecule has 0 aliphatic carbocycles. The highest BCUT2D eigenvalue weighted by atomic mass is 16.5. The van der Waals surface area contributed by atoms with Crippen LogP contribution in [0.3, 0.4) is 0 Å². The zero-order chi connectivity index (χ0) is 18.2. The maximum atomic E-state index is 12.1. The first-order valence-electron chi connectivity index (χ1n) is 8.35. The number of carbonyl (C=O) groups is 1. The van der Waals surface area contributed by atoms with Gasteiger partial charge in [-0.3, -0.25) is 4.79 Å². The lowest BCUT2D eigenvalue weighted by Gasteiger charge is -2.13. The van der Waals surface area contributed by atoms with Gasteiger partial charge >= 0.3 is 0 Å². The van der Waals surface area contributed by atoms with Crippen LogP contribution in [-0.2, 0) is 4.79 Å². The molecule has 0 aliphatic rings. The molecule has 1 unspecified atom stereocenters. The average molecular weight is 343 g/mol. The standard InChI is InChI=1S/C20H25NO4/c1-5-15(3)25-17-9-7-16(8-10-17)21-20(22)13-24-18-11-6-14(2)12-19(18)23-4/h6-12,15H,5,13H2,1-4H3,(H,21,22). The van der Waals surface area contributed by atoms with Gasteiger partial charge in [-0.25, -0.2) is 0 Å². The van der Waals surface area contributed by atoms with E-state index in [1.807, 2.05) is 50.2 Å². The molecule has 1 amide bonds. The fraction of sp³-hybridized carbons (Fsp3) is 0.350. The second kappa shape index (κ2) is 8.97. The van der Waals surface area contributed by atoms with Gasteiger partial charge in [-0.15, -0.1) is 0 Å². The summed E-state index contributed by atoms with van der Waals surface area (Å²) in [6, 6.07) is 12.9. The van der Waals surface area contributed by atoms with Crippen molar-refractivity contribution < 1.29 is 19.0 Å². The molecule has 2 aromatic rings. The fourth-order valence-electron chi connectivity index (χ4n) is 2.17. The van der Waals surface area contributed by atoms with Gasteiger partial charge in [-0.1, -0.05) is 13.0 Å². The van der Waals surface area contributed by atoms with Crippen molar-refractivity contribution in [3.63, 3.8) is 0 Å². The number of carbonyl (C=O) groups excluding carboxylic acids is 1. The van der Waals surface area contributed by atoms with Crippen LogP contribution in [-0.4, -0.2) is 25.7 Å². The Bertz CT molecular complexity index is 697. The van der Waals surface area contributed by atoms with E-state index in [1.54, 1.807) is 13.2 Å². The minimum atomic E-state index is -0.238. The fourth-order valence-corrected chi connectivity index (χ4v) is 2.17. The monoisotopic (exact) mass is 343 g/mol. The maximum absolute atomic E-state index is 12.1. The maximum Gasteiger partial charge on any atom is 0.262 e. The number of hydrogen-bond acceptors (Lipinski definition) is 4. The van der Waals surface area contributed by atoms with Crippen LogP contribution >= 0.6 is 0 Å². The molecule has 5 heteroatoms. The summed E-state index contributed by atoms with van der Waals surface area (Å²) >= 11 is 0. The summed E-state index contributed by atoms with van der Waals surface area (Å²) in [5.74, 6) is 1.70. The molecular weight excluding hydrogens is 318 g/mol. The Hall–Kier alpha value is -2.69. The van der Waals surface area contributed by atoms with E-state index >= 15 is 0 Å². The van der Waals surface area contributed by atoms with Crippen molar-refractivity contribution in [1.29, 1.82) is 0 Å². The van der Waals surface area contributed by atoms with E-state index < -0.39 is 0 Å². The van der Waals surface area contributed by atoms with Crippen LogP contribution in [0.5, 0.6) is 17.2 Å². The first-order chi connectivity index (χ1) is 12.0. The Morgan fingerprint density at radius 2 is 1.84 bits per heavy atom. The Morgan fingerprint density at radius 1 is 1.12 bits per heavy atom. The lowest BCUT2D eigenvalue weighted by molar-refractivity contribution is -0.118. The van der Waals surface area contributed by atoms with Crippen molar-refractivity contribution in [2.24, 2.45) is 0 Å². The largest absolute Gasteiger partial charge is 0.493 e. The molecule has 0 aromatic heterocycles. The molecule has 0 bridgehead atoms. The summed E-state index contributed by atoms with van der Waals surface area (Å²) in [7, 11) is 1.57. The van der Waals surface area contributed by atoms with Gasteiger partial charge in [0.2, 0.25) is 0 Å². The molecule has 0 heterocycles. The van der Waals surface area contributed by atoms with Crippen LogP contribution in [0.4, 0.5) is 5.69 Å². The van der Waals surface area contributed by atoms with Crippen molar-refractivity contribution in [2.45, 2.75) is 33.3 Å². The number of anilines is 1. The van der Waals surface area contributed by atoms with E-state index in [4.69, 9.17) is 14.2 Å². The van der Waals surface area contributed by atoms with E-state index in [0.717, 1.165) is 17.7 Å². The molecule has 0 saturated carbocycles. The number of benzene rings is 2. The van der Waals surface area contributed by atoms with Crippen LogP contribution in [0.1, 0.15) is 25.8 Å². The van der Waals surface area contributed by atoms with E-state index in [9.17, 15) is 4.79 Å². The van der Waals surface area contributed by atoms with Crippen LogP contribution < -0.4 is 19.5 Å². The lowest BCUT2D eigenvalue weighted by atomic mass is 10.2. The molecule has 1 atom stereocenters. The number of rotatable bonds is 8. The molecular formula is C20H25NO4. The van der Waals surface area contributed by atoms with E-state index in [0.29, 0.717) is 17.2 Å². The summed E-state index contributed by atoms with van der Waals surface area (Å²) in [4.78, 5) is 12.1. The normalized spacial score (nSPS) is 11.5. The Labute approximate surface area is 148 Å². The van der Waals surface area contributed by atoms with Crippen molar-refractivity contribution in [3.8, 4) is 17.2 Å². The van der Waals surface area contributed by atoms with Gasteiger partial charge in [0.05, 0.1) is 13.2 Å². The predicted molar refractivity (Wildman–Crippen MR) is 98.7 cm³/mol. The first-order valence-corrected chi connectivity index (χ1v) is 8.35. The molecule has 0 fully saturated rings. The highest BCUT2D eigenvalue weighted by molar-refractivity contribution is 5.91. The van der Waals surface area contributed by atoms with Gasteiger partial charge in [0.25, 0.3) is 5.91 Å². The quantitative estimate of drug-likeness (QED) is 0.780. The summed E-state index contributed by atoms with van der Waals surface area (Å²) < 4.78 is 16.5. The molecule has 0 radical (unpaired) electrons. The number of aryl methyl sites for hydroxylation is 1. The lowest BCUT2D eigenvalue weighted by Crippen LogP contribution is -2.20. The van der Waals surface area contributed by atoms with Crippen LogP contribution in [0.15, 0.2) is 42.5 Å². The van der Waals surface area contributed by atoms with Gasteiger partial charge in [-0.2, -0.15) is 0 Å². The SMILES string of the molecule is CCC(C)Oc1ccc(NC(=O)COc2ccc(C)cc2OC)cc1. The Morgan fingerprint density at radius 3 is 2.48 bits per heavy atom. The van der Waals surface area contributed by atoms with E-state index in [2.05, 4.69) is 12.2 Å². The third-order valence-electron chi connectivity index (χ3n) is 3.73. The number of amides is 1. The second-order valence-corrected chi connectivity index (χ2v) is 5.85. The topological polar surface area (TPSA) is 56.8 Å². The highest BCUT2D eigenvalue weighted by Gasteiger charge is 2.08. The van der Waals surface area contributed by atoms with E-state index in [-0.39, 0.29) is 18.6 Å². The molecule has 5 nitrogen and oxygen atoms in total. The molecule has 2 rings (SSSR count). The van der Waals surface area contributed by atoms with Crippen molar-refractivity contribution in [2.75, 3.05) is 19.0 Å². The van der Waals surface area contributed by atoms with Gasteiger partial charge < -0.3 is 19.5 Å². The van der Waals surface area contributed by atoms with Gasteiger partial charge in [0.1, 0.15) is 5.75 Å². The van der Waals surface area contributed by atoms with Crippen LogP contribution in [0.2, 0.25) is 0 Å². The molecule has 0 spiro atoms. The summed E-state index contributed by atoms with van der Waals surface area (Å²) in [6.45, 7) is 5.97. The Kier molecular flexibility index (Phi) is 6.69.